The zero-order valence-electron chi connectivity index (χ0n) is 14.1. The number of rotatable bonds is 3. The molecule has 2 aliphatic rings. The number of pyridine rings is 2. The molecular formula is C18H22N4O3. The first-order valence-electron chi connectivity index (χ1n) is 8.68. The van der Waals surface area contributed by atoms with Gasteiger partial charge in [0.05, 0.1) is 24.2 Å². The molecule has 2 atom stereocenters. The molecule has 1 saturated carbocycles. The molecule has 132 valence electrons. The number of carbonyl (C=O) groups is 1. The molecule has 0 bridgehead atoms. The van der Waals surface area contributed by atoms with Crippen molar-refractivity contribution in [2.45, 2.75) is 43.9 Å². The van der Waals surface area contributed by atoms with E-state index in [4.69, 9.17) is 15.2 Å². The third kappa shape index (κ3) is 3.00. The molecule has 7 nitrogen and oxygen atoms in total. The Labute approximate surface area is 145 Å². The number of cyclic esters (lactones) is 1. The maximum atomic E-state index is 12.0. The van der Waals surface area contributed by atoms with Gasteiger partial charge in [-0.15, -0.1) is 0 Å². The summed E-state index contributed by atoms with van der Waals surface area (Å²) >= 11 is 0. The average molecular weight is 342 g/mol. The molecule has 0 unspecified atom stereocenters. The van der Waals surface area contributed by atoms with Gasteiger partial charge in [-0.1, -0.05) is 0 Å². The summed E-state index contributed by atoms with van der Waals surface area (Å²) < 4.78 is 10.9. The van der Waals surface area contributed by atoms with E-state index in [9.17, 15) is 4.79 Å². The van der Waals surface area contributed by atoms with Gasteiger partial charge in [-0.3, -0.25) is 4.98 Å². The third-order valence-electron chi connectivity index (χ3n) is 5.27. The van der Waals surface area contributed by atoms with Gasteiger partial charge in [0.15, 0.2) is 6.10 Å². The fraction of sp³-hybridized carbons (Fsp3) is 0.500. The number of aromatic nitrogens is 2. The summed E-state index contributed by atoms with van der Waals surface area (Å²) in [4.78, 5) is 20.9. The number of ether oxygens (including phenoxy) is 2. The van der Waals surface area contributed by atoms with Gasteiger partial charge in [-0.25, -0.2) is 9.78 Å². The minimum absolute atomic E-state index is 0.0707. The zero-order valence-corrected chi connectivity index (χ0v) is 14.1. The highest BCUT2D eigenvalue weighted by Gasteiger charge is 2.42. The summed E-state index contributed by atoms with van der Waals surface area (Å²) in [6.45, 7) is 0. The summed E-state index contributed by atoms with van der Waals surface area (Å²) in [5, 5.41) is 3.00. The molecule has 3 heterocycles. The fourth-order valence-electron chi connectivity index (χ4n) is 3.93. The van der Waals surface area contributed by atoms with Crippen LogP contribution in [0.25, 0.3) is 11.0 Å². The summed E-state index contributed by atoms with van der Waals surface area (Å²) in [7, 11) is 1.58. The van der Waals surface area contributed by atoms with Crippen LogP contribution in [-0.4, -0.2) is 35.3 Å². The van der Waals surface area contributed by atoms with E-state index >= 15 is 0 Å². The molecule has 25 heavy (non-hydrogen) atoms. The van der Waals surface area contributed by atoms with Gasteiger partial charge in [-0.05, 0) is 43.7 Å². The Kier molecular flexibility index (Phi) is 4.17. The first kappa shape index (κ1) is 16.1. The van der Waals surface area contributed by atoms with Crippen LogP contribution in [0.4, 0.5) is 4.79 Å². The first-order valence-corrected chi connectivity index (χ1v) is 8.68. The van der Waals surface area contributed by atoms with Crippen molar-refractivity contribution in [1.82, 2.24) is 15.3 Å². The van der Waals surface area contributed by atoms with E-state index in [0.29, 0.717) is 17.3 Å². The van der Waals surface area contributed by atoms with Crippen LogP contribution in [0.5, 0.6) is 5.88 Å². The van der Waals surface area contributed by atoms with Crippen LogP contribution in [0, 0.1) is 5.92 Å². The summed E-state index contributed by atoms with van der Waals surface area (Å²) in [5.41, 5.74) is 8.35. The number of amides is 1. The molecule has 0 aromatic carbocycles. The summed E-state index contributed by atoms with van der Waals surface area (Å²) in [6, 6.07) is 5.71. The molecule has 1 aliphatic carbocycles. The first-order chi connectivity index (χ1) is 12.2. The van der Waals surface area contributed by atoms with Crippen LogP contribution in [0.15, 0.2) is 24.4 Å². The highest BCUT2D eigenvalue weighted by molar-refractivity contribution is 5.80. The van der Waals surface area contributed by atoms with Crippen molar-refractivity contribution in [3.8, 4) is 5.88 Å². The molecule has 7 heteroatoms. The average Bonchev–Trinajstić information content (AvgIpc) is 3.03. The second-order valence-corrected chi connectivity index (χ2v) is 6.79. The monoisotopic (exact) mass is 342 g/mol. The van der Waals surface area contributed by atoms with Gasteiger partial charge in [0.2, 0.25) is 5.88 Å². The van der Waals surface area contributed by atoms with Gasteiger partial charge in [-0.2, -0.15) is 0 Å². The van der Waals surface area contributed by atoms with Gasteiger partial charge in [0.1, 0.15) is 0 Å². The van der Waals surface area contributed by atoms with E-state index in [1.54, 1.807) is 19.4 Å². The van der Waals surface area contributed by atoms with Gasteiger partial charge in [0.25, 0.3) is 0 Å². The van der Waals surface area contributed by atoms with Crippen LogP contribution in [0.1, 0.15) is 37.4 Å². The Morgan fingerprint density at radius 1 is 1.24 bits per heavy atom. The predicted molar refractivity (Wildman–Crippen MR) is 92.2 cm³/mol. The van der Waals surface area contributed by atoms with Crippen molar-refractivity contribution in [1.29, 1.82) is 0 Å². The Bertz CT molecular complexity index is 789. The number of nitrogens with zero attached hydrogens (tertiary/aromatic N) is 2. The molecule has 4 rings (SSSR count). The predicted octanol–water partition coefficient (Wildman–Crippen LogP) is 2.31. The highest BCUT2D eigenvalue weighted by atomic mass is 16.6. The van der Waals surface area contributed by atoms with Crippen molar-refractivity contribution >= 4 is 17.1 Å². The van der Waals surface area contributed by atoms with Crippen LogP contribution in [0.2, 0.25) is 0 Å². The zero-order chi connectivity index (χ0) is 17.4. The standard InChI is InChI=1S/C18H22N4O3/c1-24-14-7-6-13-16(21-14)12(8-9-20-13)17-15(22-18(23)25-17)10-2-4-11(19)5-3-10/h6-11,15,17H,2-5,19H2,1H3,(H,22,23)/t10-,11-,15-,17-/m1/s1. The smallest absolute Gasteiger partial charge is 0.408 e. The van der Waals surface area contributed by atoms with E-state index < -0.39 is 0 Å². The number of carbonyl (C=O) groups excluding carboxylic acids is 1. The number of hydrogen-bond acceptors (Lipinski definition) is 6. The molecule has 1 saturated heterocycles. The van der Waals surface area contributed by atoms with Crippen molar-refractivity contribution in [3.05, 3.63) is 30.0 Å². The highest BCUT2D eigenvalue weighted by Crippen LogP contribution is 2.38. The molecule has 3 N–H and O–H groups in total. The van der Waals surface area contributed by atoms with Crippen molar-refractivity contribution < 1.29 is 14.3 Å². The number of fused-ring (bicyclic) bond motifs is 1. The molecular weight excluding hydrogens is 320 g/mol. The summed E-state index contributed by atoms with van der Waals surface area (Å²) in [5.74, 6) is 0.865. The maximum absolute atomic E-state index is 12.0. The van der Waals surface area contributed by atoms with E-state index in [1.165, 1.54) is 0 Å². The number of hydrogen-bond donors (Lipinski definition) is 2. The third-order valence-corrected chi connectivity index (χ3v) is 5.27. The SMILES string of the molecule is COc1ccc2nccc([C@H]3OC(=O)N[C@@H]3[C@H]3CC[C@H](N)CC3)c2n1. The number of methoxy groups -OCH3 is 1. The Morgan fingerprint density at radius 3 is 2.80 bits per heavy atom. The van der Waals surface area contributed by atoms with Gasteiger partial charge in [0, 0.05) is 23.9 Å². The normalized spacial score (nSPS) is 29.3. The van der Waals surface area contributed by atoms with Crippen LogP contribution >= 0.6 is 0 Å². The lowest BCUT2D eigenvalue weighted by Gasteiger charge is -2.32. The minimum Gasteiger partial charge on any atom is -0.481 e. The van der Waals surface area contributed by atoms with Crippen molar-refractivity contribution in [3.63, 3.8) is 0 Å². The van der Waals surface area contributed by atoms with E-state index in [0.717, 1.165) is 36.8 Å². The van der Waals surface area contributed by atoms with Crippen LogP contribution < -0.4 is 15.8 Å². The van der Waals surface area contributed by atoms with Crippen LogP contribution in [-0.2, 0) is 4.74 Å². The molecule has 2 aromatic rings. The molecule has 2 fully saturated rings. The van der Waals surface area contributed by atoms with E-state index in [-0.39, 0.29) is 24.3 Å². The molecule has 0 spiro atoms. The van der Waals surface area contributed by atoms with E-state index in [1.807, 2.05) is 12.1 Å². The summed E-state index contributed by atoms with van der Waals surface area (Å²) in [6.07, 6.45) is 4.91. The maximum Gasteiger partial charge on any atom is 0.408 e. The van der Waals surface area contributed by atoms with Crippen molar-refractivity contribution in [2.75, 3.05) is 7.11 Å². The topological polar surface area (TPSA) is 99.4 Å². The lowest BCUT2D eigenvalue weighted by Crippen LogP contribution is -2.39. The lowest BCUT2D eigenvalue weighted by molar-refractivity contribution is 0.116. The number of nitrogens with two attached hydrogens (primary N) is 1. The molecule has 1 aliphatic heterocycles. The number of alkyl carbamates (subject to hydrolysis) is 1. The van der Waals surface area contributed by atoms with Crippen LogP contribution in [0.3, 0.4) is 0 Å². The quantitative estimate of drug-likeness (QED) is 0.888. The van der Waals surface area contributed by atoms with Gasteiger partial charge >= 0.3 is 6.09 Å². The molecule has 2 aromatic heterocycles. The Morgan fingerprint density at radius 2 is 2.04 bits per heavy atom. The molecule has 1 amide bonds. The second kappa shape index (κ2) is 6.48. The molecule has 0 radical (unpaired) electrons. The number of nitrogens with one attached hydrogen (secondary N) is 1. The van der Waals surface area contributed by atoms with Gasteiger partial charge < -0.3 is 20.5 Å². The second-order valence-electron chi connectivity index (χ2n) is 6.79. The minimum atomic E-state index is -0.378. The van der Waals surface area contributed by atoms with Crippen molar-refractivity contribution in [2.24, 2.45) is 11.7 Å². The Balaban J connectivity index is 1.71. The largest absolute Gasteiger partial charge is 0.481 e. The fourth-order valence-corrected chi connectivity index (χ4v) is 3.93. The lowest BCUT2D eigenvalue weighted by atomic mass is 9.79. The Hall–Kier alpha value is -2.41. The van der Waals surface area contributed by atoms with E-state index in [2.05, 4.69) is 15.3 Å².